The number of rotatable bonds is 5. The predicted octanol–water partition coefficient (Wildman–Crippen LogP) is 4.99. The van der Waals surface area contributed by atoms with Gasteiger partial charge in [0.1, 0.15) is 11.9 Å². The van der Waals surface area contributed by atoms with Crippen LogP contribution >= 0.6 is 0 Å². The Kier molecular flexibility index (Phi) is 7.20. The van der Waals surface area contributed by atoms with Crippen LogP contribution in [0.4, 0.5) is 16.2 Å². The molecule has 32 heavy (non-hydrogen) atoms. The van der Waals surface area contributed by atoms with Gasteiger partial charge in [-0.3, -0.25) is 0 Å². The number of piperidine rings is 1. The summed E-state index contributed by atoms with van der Waals surface area (Å²) < 4.78 is 11.5. The highest BCUT2D eigenvalue weighted by molar-refractivity contribution is 5.89. The van der Waals surface area contributed by atoms with Gasteiger partial charge in [-0.05, 0) is 62.6 Å². The monoisotopic (exact) mass is 437 g/mol. The van der Waals surface area contributed by atoms with E-state index in [1.54, 1.807) is 0 Å². The van der Waals surface area contributed by atoms with Crippen LogP contribution in [0.5, 0.6) is 5.75 Å². The van der Waals surface area contributed by atoms with Gasteiger partial charge in [0.15, 0.2) is 0 Å². The van der Waals surface area contributed by atoms with Crippen molar-refractivity contribution in [3.8, 4) is 5.75 Å². The Balaban J connectivity index is 1.34. The molecule has 0 saturated carbocycles. The molecule has 0 unspecified atom stereocenters. The van der Waals surface area contributed by atoms with Gasteiger partial charge in [-0.25, -0.2) is 4.79 Å². The number of carbonyl (C=O) groups is 1. The molecule has 2 aliphatic heterocycles. The quantitative estimate of drug-likeness (QED) is 0.716. The Labute approximate surface area is 191 Å². The number of hydrogen-bond acceptors (Lipinski definition) is 4. The van der Waals surface area contributed by atoms with Crippen LogP contribution in [0, 0.1) is 13.8 Å². The number of likely N-dealkylation sites (tertiary alicyclic amines) is 1. The molecule has 2 fully saturated rings. The molecular formula is C26H35N3O3. The Morgan fingerprint density at radius 2 is 1.84 bits per heavy atom. The second-order valence-corrected chi connectivity index (χ2v) is 9.03. The average Bonchev–Trinajstić information content (AvgIpc) is 2.81. The van der Waals surface area contributed by atoms with Crippen molar-refractivity contribution in [1.82, 2.24) is 4.90 Å². The Morgan fingerprint density at radius 1 is 1.09 bits per heavy atom. The summed E-state index contributed by atoms with van der Waals surface area (Å²) in [5.41, 5.74) is 4.29. The first-order chi connectivity index (χ1) is 15.5. The molecule has 2 aromatic rings. The Morgan fingerprint density at radius 3 is 2.56 bits per heavy atom. The minimum absolute atomic E-state index is 0.0375. The molecule has 1 atom stereocenters. The number of hydrogen-bond donors (Lipinski definition) is 1. The maximum absolute atomic E-state index is 13.0. The molecule has 2 heterocycles. The molecule has 2 aromatic carbocycles. The first kappa shape index (κ1) is 22.5. The van der Waals surface area contributed by atoms with Gasteiger partial charge in [0.25, 0.3) is 0 Å². The fourth-order valence-corrected chi connectivity index (χ4v) is 4.48. The largest absolute Gasteiger partial charge is 0.490 e. The second-order valence-electron chi connectivity index (χ2n) is 9.03. The lowest BCUT2D eigenvalue weighted by atomic mass is 10.0. The van der Waals surface area contributed by atoms with E-state index in [-0.39, 0.29) is 12.1 Å². The molecule has 0 radical (unpaired) electrons. The van der Waals surface area contributed by atoms with Crippen LogP contribution in [0.15, 0.2) is 42.5 Å². The van der Waals surface area contributed by atoms with Crippen molar-refractivity contribution in [3.05, 3.63) is 53.6 Å². The topological polar surface area (TPSA) is 54.0 Å². The molecule has 6 nitrogen and oxygen atoms in total. The summed E-state index contributed by atoms with van der Waals surface area (Å²) in [5, 5.41) is 3.08. The zero-order valence-electron chi connectivity index (χ0n) is 19.5. The summed E-state index contributed by atoms with van der Waals surface area (Å²) >= 11 is 0. The summed E-state index contributed by atoms with van der Waals surface area (Å²) in [6, 6.07) is 14.7. The molecule has 172 valence electrons. The van der Waals surface area contributed by atoms with Crippen LogP contribution in [0.25, 0.3) is 0 Å². The highest BCUT2D eigenvalue weighted by atomic mass is 16.5. The van der Waals surface area contributed by atoms with Crippen molar-refractivity contribution in [2.75, 3.05) is 43.6 Å². The Bertz CT molecular complexity index is 909. The van der Waals surface area contributed by atoms with Crippen molar-refractivity contribution < 1.29 is 14.3 Å². The van der Waals surface area contributed by atoms with Gasteiger partial charge >= 0.3 is 6.03 Å². The number of amides is 2. The maximum Gasteiger partial charge on any atom is 0.321 e. The lowest BCUT2D eigenvalue weighted by Gasteiger charge is -2.38. The first-order valence-electron chi connectivity index (χ1n) is 11.7. The van der Waals surface area contributed by atoms with E-state index in [1.807, 2.05) is 30.0 Å². The van der Waals surface area contributed by atoms with E-state index in [9.17, 15) is 4.79 Å². The minimum atomic E-state index is -0.0375. The number of nitrogens with one attached hydrogen (secondary N) is 1. The normalized spacial score (nSPS) is 19.5. The second kappa shape index (κ2) is 10.3. The molecule has 0 aliphatic carbocycles. The molecule has 4 rings (SSSR count). The molecule has 6 heteroatoms. The van der Waals surface area contributed by atoms with Gasteiger partial charge in [0.05, 0.1) is 13.2 Å². The van der Waals surface area contributed by atoms with E-state index in [0.29, 0.717) is 6.04 Å². The number of likely N-dealkylation sites (N-methyl/N-ethyl adjacent to an activating group) is 1. The fraction of sp³-hybridized carbons (Fsp3) is 0.500. The summed E-state index contributed by atoms with van der Waals surface area (Å²) in [6.07, 6.45) is 4.14. The van der Waals surface area contributed by atoms with Crippen LogP contribution in [-0.4, -0.2) is 56.4 Å². The van der Waals surface area contributed by atoms with Gasteiger partial charge in [-0.1, -0.05) is 17.7 Å². The zero-order valence-corrected chi connectivity index (χ0v) is 19.5. The van der Waals surface area contributed by atoms with Gasteiger partial charge in [0, 0.05) is 50.4 Å². The van der Waals surface area contributed by atoms with Crippen molar-refractivity contribution in [3.63, 3.8) is 0 Å². The van der Waals surface area contributed by atoms with Crippen LogP contribution in [-0.2, 0) is 4.74 Å². The SMILES string of the molecule is Cc1ccc(N(C)[C@@H]2CCCN(C(=O)Nc3ccc(OC4CCOCC4)c(C)c3)C2)cc1. The highest BCUT2D eigenvalue weighted by Crippen LogP contribution is 2.26. The first-order valence-corrected chi connectivity index (χ1v) is 11.7. The molecule has 0 bridgehead atoms. The molecular weight excluding hydrogens is 402 g/mol. The summed E-state index contributed by atoms with van der Waals surface area (Å²) in [7, 11) is 2.12. The molecule has 0 aromatic heterocycles. The number of urea groups is 1. The van der Waals surface area contributed by atoms with Crippen LogP contribution in [0.2, 0.25) is 0 Å². The number of anilines is 2. The van der Waals surface area contributed by atoms with Gasteiger partial charge in [-0.15, -0.1) is 0 Å². The predicted molar refractivity (Wildman–Crippen MR) is 129 cm³/mol. The summed E-state index contributed by atoms with van der Waals surface area (Å²) in [4.78, 5) is 17.2. The number of aryl methyl sites for hydroxylation is 2. The highest BCUT2D eigenvalue weighted by Gasteiger charge is 2.26. The minimum Gasteiger partial charge on any atom is -0.490 e. The van der Waals surface area contributed by atoms with Crippen molar-refractivity contribution in [2.45, 2.75) is 51.7 Å². The third-order valence-corrected chi connectivity index (χ3v) is 6.56. The van der Waals surface area contributed by atoms with Crippen molar-refractivity contribution >= 4 is 17.4 Å². The van der Waals surface area contributed by atoms with E-state index in [4.69, 9.17) is 9.47 Å². The summed E-state index contributed by atoms with van der Waals surface area (Å²) in [6.45, 7) is 7.15. The number of ether oxygens (including phenoxy) is 2. The number of carbonyl (C=O) groups excluding carboxylic acids is 1. The maximum atomic E-state index is 13.0. The molecule has 0 spiro atoms. The van der Waals surface area contributed by atoms with E-state index < -0.39 is 0 Å². The van der Waals surface area contributed by atoms with Gasteiger partial charge in [0.2, 0.25) is 0 Å². The lowest BCUT2D eigenvalue weighted by molar-refractivity contribution is 0.0253. The fourth-order valence-electron chi connectivity index (χ4n) is 4.48. The van der Waals surface area contributed by atoms with Crippen molar-refractivity contribution in [1.29, 1.82) is 0 Å². The van der Waals surface area contributed by atoms with Gasteiger partial charge in [-0.2, -0.15) is 0 Å². The third kappa shape index (κ3) is 5.54. The molecule has 2 aliphatic rings. The van der Waals surface area contributed by atoms with Crippen LogP contribution in [0.1, 0.15) is 36.8 Å². The smallest absolute Gasteiger partial charge is 0.321 e. The van der Waals surface area contributed by atoms with Crippen LogP contribution in [0.3, 0.4) is 0 Å². The van der Waals surface area contributed by atoms with E-state index in [0.717, 1.165) is 69.0 Å². The molecule has 2 saturated heterocycles. The Hall–Kier alpha value is -2.73. The molecule has 1 N–H and O–H groups in total. The van der Waals surface area contributed by atoms with E-state index >= 15 is 0 Å². The third-order valence-electron chi connectivity index (χ3n) is 6.56. The number of nitrogens with zero attached hydrogens (tertiary/aromatic N) is 2. The van der Waals surface area contributed by atoms with E-state index in [2.05, 4.69) is 48.5 Å². The number of benzene rings is 2. The summed E-state index contributed by atoms with van der Waals surface area (Å²) in [5.74, 6) is 0.882. The van der Waals surface area contributed by atoms with E-state index in [1.165, 1.54) is 11.3 Å². The molecule has 2 amide bonds. The van der Waals surface area contributed by atoms with Crippen LogP contribution < -0.4 is 15.0 Å². The standard InChI is InChI=1S/C26H35N3O3/c1-19-6-9-22(10-7-19)28(3)23-5-4-14-29(18-23)26(30)27-21-8-11-25(20(2)17-21)32-24-12-15-31-16-13-24/h6-11,17,23-24H,4-5,12-16,18H2,1-3H3,(H,27,30)/t23-/m1/s1. The lowest BCUT2D eigenvalue weighted by Crippen LogP contribution is -2.50. The van der Waals surface area contributed by atoms with Crippen molar-refractivity contribution in [2.24, 2.45) is 0 Å². The van der Waals surface area contributed by atoms with Gasteiger partial charge < -0.3 is 24.6 Å². The zero-order chi connectivity index (χ0) is 22.5. The average molecular weight is 438 g/mol.